The first-order valence-corrected chi connectivity index (χ1v) is 4.10. The second kappa shape index (κ2) is 1.86. The lowest BCUT2D eigenvalue weighted by atomic mass is 9.56. The van der Waals surface area contributed by atoms with Crippen molar-refractivity contribution in [2.45, 2.75) is 32.6 Å². The zero-order chi connectivity index (χ0) is 6.27. The van der Waals surface area contributed by atoms with Crippen molar-refractivity contribution in [2.24, 2.45) is 11.8 Å². The molecule has 0 N–H and O–H groups in total. The molecule has 0 amide bonds. The van der Waals surface area contributed by atoms with Gasteiger partial charge < -0.3 is 0 Å². The second-order valence-electron chi connectivity index (χ2n) is 3.34. The molecule has 0 spiro atoms. The molecule has 0 heteroatoms. The first-order valence-electron chi connectivity index (χ1n) is 4.10. The van der Waals surface area contributed by atoms with Gasteiger partial charge in [-0.05, 0) is 37.5 Å². The molecule has 9 heavy (non-hydrogen) atoms. The maximum Gasteiger partial charge on any atom is -0.0172 e. The molecule has 2 rings (SSSR count). The van der Waals surface area contributed by atoms with Gasteiger partial charge in [-0.15, -0.1) is 0 Å². The standard InChI is InChI=1S/C9H14/c1-2-3-7-6-8-4-5-9(7)8/h3,8-9H,2,4-6H2,1H3. The van der Waals surface area contributed by atoms with Crippen molar-refractivity contribution in [1.82, 2.24) is 0 Å². The number of hydrogen-bond acceptors (Lipinski definition) is 0. The highest BCUT2D eigenvalue weighted by Gasteiger charge is 2.41. The van der Waals surface area contributed by atoms with Crippen LogP contribution in [0.4, 0.5) is 0 Å². The Kier molecular flexibility index (Phi) is 1.14. The number of allylic oxidation sites excluding steroid dienone is 2. The minimum absolute atomic E-state index is 1.06. The fourth-order valence-electron chi connectivity index (χ4n) is 2.09. The molecule has 50 valence electrons. The van der Waals surface area contributed by atoms with E-state index in [9.17, 15) is 0 Å². The Hall–Kier alpha value is -0.260. The van der Waals surface area contributed by atoms with Crippen LogP contribution in [0.1, 0.15) is 32.6 Å². The van der Waals surface area contributed by atoms with E-state index in [0.717, 1.165) is 11.8 Å². The van der Waals surface area contributed by atoms with Crippen molar-refractivity contribution in [3.63, 3.8) is 0 Å². The molecule has 0 aliphatic heterocycles. The molecule has 0 aromatic carbocycles. The topological polar surface area (TPSA) is 0 Å². The van der Waals surface area contributed by atoms with Gasteiger partial charge in [0.15, 0.2) is 0 Å². The molecule has 0 radical (unpaired) electrons. The van der Waals surface area contributed by atoms with Gasteiger partial charge in [0, 0.05) is 0 Å². The fourth-order valence-corrected chi connectivity index (χ4v) is 2.09. The minimum Gasteiger partial charge on any atom is -0.0853 e. The predicted octanol–water partition coefficient (Wildman–Crippen LogP) is 2.75. The van der Waals surface area contributed by atoms with Crippen molar-refractivity contribution in [2.75, 3.05) is 0 Å². The van der Waals surface area contributed by atoms with E-state index >= 15 is 0 Å². The van der Waals surface area contributed by atoms with Crippen LogP contribution in [0, 0.1) is 11.8 Å². The quantitative estimate of drug-likeness (QED) is 0.469. The van der Waals surface area contributed by atoms with E-state index in [4.69, 9.17) is 0 Å². The van der Waals surface area contributed by atoms with Gasteiger partial charge in [0.25, 0.3) is 0 Å². The summed E-state index contributed by atoms with van der Waals surface area (Å²) in [5, 5.41) is 0. The molecule has 0 bridgehead atoms. The minimum atomic E-state index is 1.06. The van der Waals surface area contributed by atoms with E-state index in [2.05, 4.69) is 13.0 Å². The third-order valence-corrected chi connectivity index (χ3v) is 2.86. The fraction of sp³-hybridized carbons (Fsp3) is 0.778. The summed E-state index contributed by atoms with van der Waals surface area (Å²) in [5.41, 5.74) is 1.77. The van der Waals surface area contributed by atoms with Crippen molar-refractivity contribution in [3.8, 4) is 0 Å². The average molecular weight is 122 g/mol. The third kappa shape index (κ3) is 0.654. The monoisotopic (exact) mass is 122 g/mol. The lowest BCUT2D eigenvalue weighted by Gasteiger charge is -2.49. The maximum atomic E-state index is 2.43. The summed E-state index contributed by atoms with van der Waals surface area (Å²) in [5.74, 6) is 2.19. The van der Waals surface area contributed by atoms with Crippen molar-refractivity contribution >= 4 is 0 Å². The summed E-state index contributed by atoms with van der Waals surface area (Å²) >= 11 is 0. The smallest absolute Gasteiger partial charge is 0.0172 e. The first kappa shape index (κ1) is 5.52. The molecule has 2 aliphatic carbocycles. The molecule has 0 heterocycles. The van der Waals surface area contributed by atoms with Gasteiger partial charge >= 0.3 is 0 Å². The molecular formula is C9H14. The van der Waals surface area contributed by atoms with Crippen molar-refractivity contribution in [1.29, 1.82) is 0 Å². The van der Waals surface area contributed by atoms with Gasteiger partial charge in [-0.3, -0.25) is 0 Å². The molecule has 2 unspecified atom stereocenters. The predicted molar refractivity (Wildman–Crippen MR) is 39.2 cm³/mol. The van der Waals surface area contributed by atoms with Crippen LogP contribution >= 0.6 is 0 Å². The molecular weight excluding hydrogens is 108 g/mol. The molecule has 2 fully saturated rings. The Morgan fingerprint density at radius 2 is 2.44 bits per heavy atom. The highest BCUT2D eigenvalue weighted by molar-refractivity contribution is 5.22. The van der Waals surface area contributed by atoms with E-state index in [1.807, 2.05) is 0 Å². The molecule has 0 aromatic rings. The SMILES string of the molecule is CCC=C1CC2CCC12. The van der Waals surface area contributed by atoms with Crippen LogP contribution < -0.4 is 0 Å². The van der Waals surface area contributed by atoms with Crippen LogP contribution in [0.15, 0.2) is 11.6 Å². The normalized spacial score (nSPS) is 43.4. The van der Waals surface area contributed by atoms with Crippen LogP contribution in [-0.2, 0) is 0 Å². The van der Waals surface area contributed by atoms with Crippen molar-refractivity contribution in [3.05, 3.63) is 11.6 Å². The lowest BCUT2D eigenvalue weighted by molar-refractivity contribution is 0.131. The molecule has 0 nitrogen and oxygen atoms in total. The highest BCUT2D eigenvalue weighted by Crippen LogP contribution is 2.53. The maximum absolute atomic E-state index is 2.43. The Morgan fingerprint density at radius 3 is 2.78 bits per heavy atom. The Morgan fingerprint density at radius 1 is 1.56 bits per heavy atom. The third-order valence-electron chi connectivity index (χ3n) is 2.86. The zero-order valence-electron chi connectivity index (χ0n) is 6.06. The molecule has 0 aromatic heterocycles. The van der Waals surface area contributed by atoms with Crippen LogP contribution in [0.3, 0.4) is 0 Å². The van der Waals surface area contributed by atoms with E-state index in [1.165, 1.54) is 25.7 Å². The Balaban J connectivity index is 1.96. The van der Waals surface area contributed by atoms with Gasteiger partial charge in [0.05, 0.1) is 0 Å². The second-order valence-corrected chi connectivity index (χ2v) is 3.34. The zero-order valence-corrected chi connectivity index (χ0v) is 6.06. The van der Waals surface area contributed by atoms with Gasteiger partial charge in [0.1, 0.15) is 0 Å². The number of hydrogen-bond donors (Lipinski definition) is 0. The molecule has 2 saturated carbocycles. The molecule has 0 saturated heterocycles. The lowest BCUT2D eigenvalue weighted by Crippen LogP contribution is -2.37. The van der Waals surface area contributed by atoms with E-state index in [-0.39, 0.29) is 0 Å². The van der Waals surface area contributed by atoms with E-state index < -0.39 is 0 Å². The van der Waals surface area contributed by atoms with Gasteiger partial charge in [-0.1, -0.05) is 18.6 Å². The molecule has 2 aliphatic rings. The van der Waals surface area contributed by atoms with Crippen LogP contribution in [0.5, 0.6) is 0 Å². The first-order chi connectivity index (χ1) is 4.42. The summed E-state index contributed by atoms with van der Waals surface area (Å²) < 4.78 is 0. The van der Waals surface area contributed by atoms with Gasteiger partial charge in [0.2, 0.25) is 0 Å². The Bertz CT molecular complexity index is 144. The molecule has 2 atom stereocenters. The van der Waals surface area contributed by atoms with Gasteiger partial charge in [-0.25, -0.2) is 0 Å². The Labute approximate surface area is 57.0 Å². The van der Waals surface area contributed by atoms with Crippen LogP contribution in [0.25, 0.3) is 0 Å². The summed E-state index contributed by atoms with van der Waals surface area (Å²) in [4.78, 5) is 0. The van der Waals surface area contributed by atoms with Gasteiger partial charge in [-0.2, -0.15) is 0 Å². The summed E-state index contributed by atoms with van der Waals surface area (Å²) in [6, 6.07) is 0. The highest BCUT2D eigenvalue weighted by atomic mass is 14.5. The van der Waals surface area contributed by atoms with E-state index in [0.29, 0.717) is 0 Å². The largest absolute Gasteiger partial charge is 0.0853 e. The summed E-state index contributed by atoms with van der Waals surface area (Å²) in [6.07, 6.45) is 8.14. The number of fused-ring (bicyclic) bond motifs is 1. The average Bonchev–Trinajstić information content (AvgIpc) is 1.82. The van der Waals surface area contributed by atoms with Crippen molar-refractivity contribution < 1.29 is 0 Å². The number of rotatable bonds is 1. The summed E-state index contributed by atoms with van der Waals surface area (Å²) in [7, 11) is 0. The van der Waals surface area contributed by atoms with E-state index in [1.54, 1.807) is 5.57 Å². The summed E-state index contributed by atoms with van der Waals surface area (Å²) in [6.45, 7) is 2.24. The van der Waals surface area contributed by atoms with Crippen LogP contribution in [0.2, 0.25) is 0 Å². The van der Waals surface area contributed by atoms with Crippen LogP contribution in [-0.4, -0.2) is 0 Å².